The van der Waals surface area contributed by atoms with Crippen molar-refractivity contribution in [3.63, 3.8) is 0 Å². The number of likely N-dealkylation sites (tertiary alicyclic amines) is 1. The van der Waals surface area contributed by atoms with E-state index in [4.69, 9.17) is 0 Å². The van der Waals surface area contributed by atoms with Gasteiger partial charge in [0.05, 0.1) is 5.69 Å². The summed E-state index contributed by atoms with van der Waals surface area (Å²) in [5.41, 5.74) is 2.13. The van der Waals surface area contributed by atoms with Gasteiger partial charge in [0.25, 0.3) is 5.91 Å². The van der Waals surface area contributed by atoms with Crippen LogP contribution in [0.25, 0.3) is 0 Å². The molecular formula is C33H42FN5O3. The van der Waals surface area contributed by atoms with E-state index in [9.17, 15) is 18.8 Å². The molecule has 3 aliphatic heterocycles. The van der Waals surface area contributed by atoms with Gasteiger partial charge >= 0.3 is 6.03 Å². The molecule has 6 rings (SSSR count). The van der Waals surface area contributed by atoms with Crippen molar-refractivity contribution in [3.8, 4) is 0 Å². The number of piperidine rings is 1. The van der Waals surface area contributed by atoms with Crippen molar-refractivity contribution in [2.24, 2.45) is 11.3 Å². The Kier molecular flexibility index (Phi) is 8.58. The first-order valence-corrected chi connectivity index (χ1v) is 15.6. The lowest BCUT2D eigenvalue weighted by Crippen LogP contribution is -2.50. The number of benzene rings is 2. The zero-order valence-electron chi connectivity index (χ0n) is 24.4. The summed E-state index contributed by atoms with van der Waals surface area (Å²) in [6, 6.07) is 14.3. The van der Waals surface area contributed by atoms with Gasteiger partial charge in [0.15, 0.2) is 0 Å². The quantitative estimate of drug-likeness (QED) is 0.549. The van der Waals surface area contributed by atoms with Crippen LogP contribution in [0.2, 0.25) is 0 Å². The van der Waals surface area contributed by atoms with E-state index >= 15 is 0 Å². The molecule has 9 heteroatoms. The third-order valence-corrected chi connectivity index (χ3v) is 10.0. The molecule has 2 aromatic rings. The molecule has 8 nitrogen and oxygen atoms in total. The summed E-state index contributed by atoms with van der Waals surface area (Å²) in [7, 11) is 0. The van der Waals surface area contributed by atoms with Crippen LogP contribution in [0.15, 0.2) is 48.5 Å². The molecule has 1 spiro atoms. The van der Waals surface area contributed by atoms with Gasteiger partial charge in [-0.1, -0.05) is 30.3 Å². The highest BCUT2D eigenvalue weighted by Crippen LogP contribution is 2.46. The van der Waals surface area contributed by atoms with E-state index in [1.54, 1.807) is 0 Å². The molecule has 1 aliphatic carbocycles. The predicted molar refractivity (Wildman–Crippen MR) is 160 cm³/mol. The van der Waals surface area contributed by atoms with Crippen molar-refractivity contribution >= 4 is 23.5 Å². The predicted octanol–water partition coefficient (Wildman–Crippen LogP) is 4.50. The van der Waals surface area contributed by atoms with Gasteiger partial charge in [0.1, 0.15) is 5.82 Å². The molecule has 224 valence electrons. The van der Waals surface area contributed by atoms with Crippen molar-refractivity contribution in [3.05, 3.63) is 65.5 Å². The third-order valence-electron chi connectivity index (χ3n) is 10.0. The Morgan fingerprint density at radius 1 is 0.857 bits per heavy atom. The number of halogens is 1. The Bertz CT molecular complexity index is 1280. The van der Waals surface area contributed by atoms with Crippen LogP contribution >= 0.6 is 0 Å². The van der Waals surface area contributed by atoms with E-state index in [1.165, 1.54) is 60.9 Å². The standard InChI is InChI=1S/C33H42FN5O3/c34-28-7-6-27(22-29(28)39-15-10-30(40)35-32(39)42)31(41)38-16-13-33(14-17-38)11-8-26(9-12-33)24-37-20-18-36(19-21-37)23-25-4-2-1-3-5-25/h1-7,22,26H,8-21,23-24H2,(H,35,40,42). The molecule has 4 aliphatic rings. The molecule has 0 radical (unpaired) electrons. The second-order valence-corrected chi connectivity index (χ2v) is 12.7. The van der Waals surface area contributed by atoms with E-state index in [1.807, 2.05) is 4.90 Å². The number of amides is 4. The lowest BCUT2D eigenvalue weighted by atomic mass is 9.65. The minimum atomic E-state index is -0.657. The Morgan fingerprint density at radius 2 is 1.55 bits per heavy atom. The molecule has 1 N–H and O–H groups in total. The number of hydrogen-bond acceptors (Lipinski definition) is 5. The monoisotopic (exact) mass is 575 g/mol. The Balaban J connectivity index is 0.958. The van der Waals surface area contributed by atoms with Gasteiger partial charge in [-0.15, -0.1) is 0 Å². The molecule has 42 heavy (non-hydrogen) atoms. The van der Waals surface area contributed by atoms with E-state index in [-0.39, 0.29) is 30.5 Å². The van der Waals surface area contributed by atoms with Crippen molar-refractivity contribution in [1.82, 2.24) is 20.0 Å². The van der Waals surface area contributed by atoms with Crippen LogP contribution in [0.4, 0.5) is 14.9 Å². The van der Waals surface area contributed by atoms with E-state index in [0.717, 1.165) is 51.5 Å². The van der Waals surface area contributed by atoms with Crippen molar-refractivity contribution < 1.29 is 18.8 Å². The SMILES string of the molecule is O=C1CCN(c2cc(C(=O)N3CCC4(CCC(CN5CCN(Cc6ccccc6)CC5)CC4)CC3)ccc2F)C(=O)N1. The number of hydrogen-bond donors (Lipinski definition) is 1. The van der Waals surface area contributed by atoms with Crippen molar-refractivity contribution in [1.29, 1.82) is 0 Å². The minimum absolute atomic E-state index is 0.0373. The Morgan fingerprint density at radius 3 is 2.24 bits per heavy atom. The largest absolute Gasteiger partial charge is 0.339 e. The molecule has 4 amide bonds. The summed E-state index contributed by atoms with van der Waals surface area (Å²) in [6.07, 6.45) is 7.11. The first-order valence-electron chi connectivity index (χ1n) is 15.6. The first-order chi connectivity index (χ1) is 20.4. The zero-order chi connectivity index (χ0) is 29.1. The second kappa shape index (κ2) is 12.5. The number of carbonyl (C=O) groups is 3. The normalized spacial score (nSPS) is 22.4. The summed E-state index contributed by atoms with van der Waals surface area (Å²) in [4.78, 5) is 45.4. The summed E-state index contributed by atoms with van der Waals surface area (Å²) < 4.78 is 14.6. The molecular weight excluding hydrogens is 533 g/mol. The Hall–Kier alpha value is -3.30. The minimum Gasteiger partial charge on any atom is -0.339 e. The first kappa shape index (κ1) is 28.8. The molecule has 0 atom stereocenters. The average molecular weight is 576 g/mol. The van der Waals surface area contributed by atoms with Gasteiger partial charge in [-0.3, -0.25) is 24.7 Å². The molecule has 1 saturated carbocycles. The smallest absolute Gasteiger partial charge is 0.328 e. The molecule has 0 aromatic heterocycles. The van der Waals surface area contributed by atoms with Crippen LogP contribution in [-0.2, 0) is 11.3 Å². The van der Waals surface area contributed by atoms with Crippen LogP contribution in [0.3, 0.4) is 0 Å². The number of nitrogens with zero attached hydrogens (tertiary/aromatic N) is 4. The fraction of sp³-hybridized carbons (Fsp3) is 0.545. The number of urea groups is 1. The van der Waals surface area contributed by atoms with Crippen molar-refractivity contribution in [2.45, 2.75) is 51.5 Å². The lowest BCUT2D eigenvalue weighted by molar-refractivity contribution is -0.120. The number of carbonyl (C=O) groups excluding carboxylic acids is 3. The topological polar surface area (TPSA) is 76.2 Å². The summed E-state index contributed by atoms with van der Waals surface area (Å²) in [5, 5.41) is 2.22. The molecule has 0 bridgehead atoms. The van der Waals surface area contributed by atoms with Gasteiger partial charge in [-0.2, -0.15) is 0 Å². The highest BCUT2D eigenvalue weighted by atomic mass is 19.1. The maximum atomic E-state index is 14.6. The molecule has 0 unspecified atom stereocenters. The summed E-state index contributed by atoms with van der Waals surface area (Å²) in [6.45, 7) is 8.32. The van der Waals surface area contributed by atoms with Gasteiger partial charge in [0, 0.05) is 70.9 Å². The number of anilines is 1. The van der Waals surface area contributed by atoms with Crippen molar-refractivity contribution in [2.75, 3.05) is 57.3 Å². The molecule has 3 saturated heterocycles. The number of imide groups is 1. The number of piperazine rings is 1. The second-order valence-electron chi connectivity index (χ2n) is 12.7. The summed E-state index contributed by atoms with van der Waals surface area (Å²) in [5.74, 6) is -0.326. The molecule has 4 fully saturated rings. The van der Waals surface area contributed by atoms with Crippen LogP contribution in [0, 0.1) is 17.2 Å². The average Bonchev–Trinajstić information content (AvgIpc) is 3.01. The van der Waals surface area contributed by atoms with Crippen LogP contribution in [0.5, 0.6) is 0 Å². The summed E-state index contributed by atoms with van der Waals surface area (Å²) >= 11 is 0. The van der Waals surface area contributed by atoms with E-state index < -0.39 is 11.8 Å². The fourth-order valence-electron chi connectivity index (χ4n) is 7.32. The zero-order valence-corrected chi connectivity index (χ0v) is 24.4. The van der Waals surface area contributed by atoms with Gasteiger partial charge < -0.3 is 9.80 Å². The fourth-order valence-corrected chi connectivity index (χ4v) is 7.32. The van der Waals surface area contributed by atoms with Crippen LogP contribution in [0.1, 0.15) is 60.9 Å². The molecule has 3 heterocycles. The van der Waals surface area contributed by atoms with Gasteiger partial charge in [0.2, 0.25) is 5.91 Å². The van der Waals surface area contributed by atoms with Crippen LogP contribution in [-0.4, -0.2) is 84.9 Å². The molecule has 2 aromatic carbocycles. The number of rotatable bonds is 6. The highest BCUT2D eigenvalue weighted by Gasteiger charge is 2.39. The van der Waals surface area contributed by atoms with Gasteiger partial charge in [-0.25, -0.2) is 9.18 Å². The highest BCUT2D eigenvalue weighted by molar-refractivity contribution is 6.06. The lowest BCUT2D eigenvalue weighted by Gasteiger charge is -2.47. The van der Waals surface area contributed by atoms with Gasteiger partial charge in [-0.05, 0) is 73.6 Å². The Labute approximate surface area is 247 Å². The third kappa shape index (κ3) is 6.52. The van der Waals surface area contributed by atoms with E-state index in [2.05, 4.69) is 45.4 Å². The maximum absolute atomic E-state index is 14.6. The van der Waals surface area contributed by atoms with Crippen LogP contribution < -0.4 is 10.2 Å². The number of nitrogens with one attached hydrogen (secondary N) is 1. The maximum Gasteiger partial charge on any atom is 0.328 e. The van der Waals surface area contributed by atoms with E-state index in [0.29, 0.717) is 24.1 Å².